The predicted molar refractivity (Wildman–Crippen MR) is 127 cm³/mol. The Morgan fingerprint density at radius 1 is 0.800 bits per heavy atom. The van der Waals surface area contributed by atoms with Crippen molar-refractivity contribution in [3.63, 3.8) is 0 Å². The highest BCUT2D eigenvalue weighted by Gasteiger charge is 2.66. The molecule has 5 atom stereocenters. The van der Waals surface area contributed by atoms with Gasteiger partial charge in [0.25, 0.3) is 0 Å². The third-order valence-electron chi connectivity index (χ3n) is 8.51. The third-order valence-corrected chi connectivity index (χ3v) is 9.20. The van der Waals surface area contributed by atoms with Crippen LogP contribution < -0.4 is 0 Å². The average molecular weight is 453 g/mol. The molecule has 0 saturated heterocycles. The molecular formula is C29H25Br. The van der Waals surface area contributed by atoms with E-state index in [0.29, 0.717) is 5.92 Å². The second kappa shape index (κ2) is 5.98. The summed E-state index contributed by atoms with van der Waals surface area (Å²) in [4.78, 5) is 0. The van der Waals surface area contributed by atoms with Gasteiger partial charge in [0.05, 0.1) is 0 Å². The first-order valence-corrected chi connectivity index (χ1v) is 12.2. The molecule has 5 unspecified atom stereocenters. The summed E-state index contributed by atoms with van der Waals surface area (Å²) in [5.74, 6) is 3.24. The largest absolute Gasteiger partial charge is 0.0809 e. The summed E-state index contributed by atoms with van der Waals surface area (Å²) in [6.45, 7) is 2.44. The molecule has 0 nitrogen and oxygen atoms in total. The zero-order valence-corrected chi connectivity index (χ0v) is 18.8. The smallest absolute Gasteiger partial charge is 0.0460 e. The number of hydrogen-bond donors (Lipinski definition) is 0. The lowest BCUT2D eigenvalue weighted by Gasteiger charge is -2.55. The standard InChI is InChI=1S/C29H25Br/c1-17-12-18-14-23-26(13-17)29(27(23)15-18)24-8-4-2-7-21(24)22-16-19(10-11-25(22)29)20-6-3-5-9-28(20)30/h2-11,13,16-18,23,27H,12,14-15H2,1H3. The molecule has 2 bridgehead atoms. The van der Waals surface area contributed by atoms with Crippen LogP contribution in [0, 0.1) is 23.7 Å². The molecule has 0 radical (unpaired) electrons. The van der Waals surface area contributed by atoms with Crippen LogP contribution in [0.25, 0.3) is 22.3 Å². The lowest BCUT2D eigenvalue weighted by atomic mass is 9.47. The zero-order valence-electron chi connectivity index (χ0n) is 17.2. The van der Waals surface area contributed by atoms with Gasteiger partial charge in [0.1, 0.15) is 0 Å². The van der Waals surface area contributed by atoms with E-state index in [1.54, 1.807) is 16.7 Å². The van der Waals surface area contributed by atoms with Crippen LogP contribution in [0.1, 0.15) is 37.3 Å². The van der Waals surface area contributed by atoms with E-state index in [1.807, 2.05) is 0 Å². The molecule has 148 valence electrons. The van der Waals surface area contributed by atoms with Gasteiger partial charge >= 0.3 is 0 Å². The zero-order chi connectivity index (χ0) is 20.0. The first-order chi connectivity index (χ1) is 14.7. The van der Waals surface area contributed by atoms with Crippen molar-refractivity contribution in [1.29, 1.82) is 0 Å². The van der Waals surface area contributed by atoms with E-state index in [0.717, 1.165) is 22.2 Å². The molecule has 0 heterocycles. The van der Waals surface area contributed by atoms with Crippen LogP contribution in [0.2, 0.25) is 0 Å². The Balaban J connectivity index is 1.49. The lowest BCUT2D eigenvalue weighted by Crippen LogP contribution is -2.51. The van der Waals surface area contributed by atoms with Gasteiger partial charge in [-0.3, -0.25) is 0 Å². The van der Waals surface area contributed by atoms with Crippen LogP contribution >= 0.6 is 15.9 Å². The van der Waals surface area contributed by atoms with Gasteiger partial charge in [-0.1, -0.05) is 89.1 Å². The van der Waals surface area contributed by atoms with Gasteiger partial charge < -0.3 is 0 Å². The highest BCUT2D eigenvalue weighted by molar-refractivity contribution is 9.10. The summed E-state index contributed by atoms with van der Waals surface area (Å²) < 4.78 is 1.16. The minimum absolute atomic E-state index is 0.145. The Labute approximate surface area is 187 Å². The molecule has 3 aromatic carbocycles. The second-order valence-electron chi connectivity index (χ2n) is 9.98. The fraction of sp³-hybridized carbons (Fsp3) is 0.310. The van der Waals surface area contributed by atoms with Crippen LogP contribution in [0.15, 0.2) is 82.9 Å². The minimum atomic E-state index is 0.145. The van der Waals surface area contributed by atoms with Gasteiger partial charge in [-0.25, -0.2) is 0 Å². The van der Waals surface area contributed by atoms with E-state index in [-0.39, 0.29) is 5.41 Å². The second-order valence-corrected chi connectivity index (χ2v) is 10.8. The molecule has 30 heavy (non-hydrogen) atoms. The van der Waals surface area contributed by atoms with Crippen molar-refractivity contribution in [1.82, 2.24) is 0 Å². The maximum Gasteiger partial charge on any atom is 0.0460 e. The summed E-state index contributed by atoms with van der Waals surface area (Å²) in [6, 6.07) is 25.1. The summed E-state index contributed by atoms with van der Waals surface area (Å²) in [6.07, 6.45) is 6.90. The van der Waals surface area contributed by atoms with E-state index < -0.39 is 0 Å². The Kier molecular flexibility index (Phi) is 3.50. The number of rotatable bonds is 1. The average Bonchev–Trinajstić information content (AvgIpc) is 3.22. The molecule has 0 aliphatic heterocycles. The van der Waals surface area contributed by atoms with Gasteiger partial charge in [0.15, 0.2) is 0 Å². The van der Waals surface area contributed by atoms with Crippen LogP contribution in [0.4, 0.5) is 0 Å². The topological polar surface area (TPSA) is 0 Å². The fourth-order valence-electron chi connectivity index (χ4n) is 7.61. The normalized spacial score (nSPS) is 32.3. The molecule has 1 spiro atoms. The van der Waals surface area contributed by atoms with Crippen LogP contribution in [-0.2, 0) is 5.41 Å². The van der Waals surface area contributed by atoms with Crippen molar-refractivity contribution in [3.8, 4) is 22.3 Å². The number of benzene rings is 3. The first kappa shape index (κ1) is 17.5. The maximum absolute atomic E-state index is 3.76. The molecule has 7 rings (SSSR count). The van der Waals surface area contributed by atoms with Crippen LogP contribution in [-0.4, -0.2) is 0 Å². The quantitative estimate of drug-likeness (QED) is 0.328. The Hall–Kier alpha value is -2.12. The Morgan fingerprint density at radius 2 is 1.57 bits per heavy atom. The highest BCUT2D eigenvalue weighted by atomic mass is 79.9. The van der Waals surface area contributed by atoms with Crippen molar-refractivity contribution in [3.05, 3.63) is 94.0 Å². The minimum Gasteiger partial charge on any atom is -0.0809 e. The van der Waals surface area contributed by atoms with Crippen molar-refractivity contribution in [2.24, 2.45) is 23.7 Å². The van der Waals surface area contributed by atoms with E-state index >= 15 is 0 Å². The molecular weight excluding hydrogens is 428 g/mol. The van der Waals surface area contributed by atoms with Crippen molar-refractivity contribution >= 4 is 15.9 Å². The summed E-state index contributed by atoms with van der Waals surface area (Å²) in [5.41, 5.74) is 10.5. The third kappa shape index (κ3) is 2.03. The van der Waals surface area contributed by atoms with Crippen LogP contribution in [0.3, 0.4) is 0 Å². The van der Waals surface area contributed by atoms with E-state index in [4.69, 9.17) is 0 Å². The molecule has 4 aliphatic rings. The number of halogens is 1. The monoisotopic (exact) mass is 452 g/mol. The molecule has 0 aromatic heterocycles. The van der Waals surface area contributed by atoms with Gasteiger partial charge in [0.2, 0.25) is 0 Å². The Morgan fingerprint density at radius 3 is 2.43 bits per heavy atom. The van der Waals surface area contributed by atoms with Crippen LogP contribution in [0.5, 0.6) is 0 Å². The molecule has 1 heteroatoms. The van der Waals surface area contributed by atoms with Gasteiger partial charge in [-0.2, -0.15) is 0 Å². The molecule has 0 N–H and O–H groups in total. The highest BCUT2D eigenvalue weighted by Crippen LogP contribution is 2.73. The number of allylic oxidation sites excluding steroid dienone is 2. The Bertz CT molecular complexity index is 1230. The van der Waals surface area contributed by atoms with Gasteiger partial charge in [0, 0.05) is 9.89 Å². The molecule has 2 fully saturated rings. The van der Waals surface area contributed by atoms with Gasteiger partial charge in [-0.15, -0.1) is 0 Å². The first-order valence-electron chi connectivity index (χ1n) is 11.4. The van der Waals surface area contributed by atoms with Crippen molar-refractivity contribution in [2.45, 2.75) is 31.6 Å². The lowest BCUT2D eigenvalue weighted by molar-refractivity contribution is 0.193. The number of fused-ring (bicyclic) bond motifs is 8. The van der Waals surface area contributed by atoms with Gasteiger partial charge in [-0.05, 0) is 88.4 Å². The maximum atomic E-state index is 3.76. The van der Waals surface area contributed by atoms with E-state index in [2.05, 4.69) is 95.7 Å². The number of hydrogen-bond acceptors (Lipinski definition) is 0. The molecule has 2 saturated carbocycles. The van der Waals surface area contributed by atoms with E-state index in [1.165, 1.54) is 41.5 Å². The molecule has 0 amide bonds. The predicted octanol–water partition coefficient (Wildman–Crippen LogP) is 8.00. The molecule has 4 aliphatic carbocycles. The summed E-state index contributed by atoms with van der Waals surface area (Å²) in [7, 11) is 0. The molecule has 3 aromatic rings. The van der Waals surface area contributed by atoms with Crippen molar-refractivity contribution < 1.29 is 0 Å². The summed E-state index contributed by atoms with van der Waals surface area (Å²) in [5, 5.41) is 0. The SMILES string of the molecule is CC1C=C2C3CC(C1)CC3C21c2ccccc2-c2cc(-c3ccccc3Br)ccc21. The van der Waals surface area contributed by atoms with Crippen molar-refractivity contribution in [2.75, 3.05) is 0 Å². The summed E-state index contributed by atoms with van der Waals surface area (Å²) >= 11 is 3.76. The fourth-order valence-corrected chi connectivity index (χ4v) is 8.13. The van der Waals surface area contributed by atoms with E-state index in [9.17, 15) is 0 Å².